The first-order chi connectivity index (χ1) is 7.56. The minimum absolute atomic E-state index is 0.265. The highest BCUT2D eigenvalue weighted by atomic mass is 19.1. The third-order valence-electron chi connectivity index (χ3n) is 2.82. The summed E-state index contributed by atoms with van der Waals surface area (Å²) in [6.07, 6.45) is 2.29. The lowest BCUT2D eigenvalue weighted by Crippen LogP contribution is -2.27. The molecular weight excluding hydrogens is 205 g/mol. The fraction of sp³-hybridized carbons (Fsp3) is 0.385. The topological polar surface area (TPSA) is 35.2 Å². The van der Waals surface area contributed by atoms with Gasteiger partial charge in [-0.05, 0) is 18.1 Å². The van der Waals surface area contributed by atoms with E-state index in [1.807, 2.05) is 6.92 Å². The van der Waals surface area contributed by atoms with Crippen molar-refractivity contribution in [2.45, 2.75) is 13.3 Å². The van der Waals surface area contributed by atoms with Gasteiger partial charge in [-0.2, -0.15) is 0 Å². The second kappa shape index (κ2) is 5.12. The third-order valence-corrected chi connectivity index (χ3v) is 2.82. The second-order valence-electron chi connectivity index (χ2n) is 4.17. The monoisotopic (exact) mass is 223 g/mol. The third kappa shape index (κ3) is 2.61. The van der Waals surface area contributed by atoms with Crippen molar-refractivity contribution in [3.63, 3.8) is 0 Å². The van der Waals surface area contributed by atoms with E-state index < -0.39 is 0 Å². The van der Waals surface area contributed by atoms with E-state index in [-0.39, 0.29) is 17.0 Å². The average Bonchev–Trinajstić information content (AvgIpc) is 2.32. The summed E-state index contributed by atoms with van der Waals surface area (Å²) < 4.78 is 18.8. The van der Waals surface area contributed by atoms with E-state index in [2.05, 4.69) is 6.58 Å². The van der Waals surface area contributed by atoms with Gasteiger partial charge in [-0.1, -0.05) is 25.1 Å². The van der Waals surface area contributed by atoms with Gasteiger partial charge in [0.25, 0.3) is 0 Å². The van der Waals surface area contributed by atoms with Crippen LogP contribution in [0.5, 0.6) is 5.75 Å². The molecule has 16 heavy (non-hydrogen) atoms. The Kier molecular flexibility index (Phi) is 4.07. The lowest BCUT2D eigenvalue weighted by Gasteiger charge is -2.24. The van der Waals surface area contributed by atoms with E-state index in [0.29, 0.717) is 18.5 Å². The molecule has 0 radical (unpaired) electrons. The normalized spacial score (nSPS) is 14.2. The molecule has 0 heterocycles. The van der Waals surface area contributed by atoms with Gasteiger partial charge in [-0.25, -0.2) is 4.39 Å². The van der Waals surface area contributed by atoms with Crippen LogP contribution in [0, 0.1) is 11.2 Å². The fourth-order valence-corrected chi connectivity index (χ4v) is 1.51. The first kappa shape index (κ1) is 12.7. The maximum absolute atomic E-state index is 13.9. The Morgan fingerprint density at radius 1 is 1.56 bits per heavy atom. The number of methoxy groups -OCH3 is 1. The molecule has 3 heteroatoms. The Labute approximate surface area is 95.9 Å². The Morgan fingerprint density at radius 3 is 2.75 bits per heavy atom. The number of benzene rings is 1. The molecule has 0 saturated carbocycles. The van der Waals surface area contributed by atoms with Gasteiger partial charge < -0.3 is 10.5 Å². The molecule has 88 valence electrons. The second-order valence-corrected chi connectivity index (χ2v) is 4.17. The molecule has 0 spiro atoms. The van der Waals surface area contributed by atoms with E-state index in [0.717, 1.165) is 0 Å². The van der Waals surface area contributed by atoms with Gasteiger partial charge in [-0.3, -0.25) is 0 Å². The van der Waals surface area contributed by atoms with E-state index in [1.54, 1.807) is 24.3 Å². The summed E-state index contributed by atoms with van der Waals surface area (Å²) in [5, 5.41) is 0. The van der Waals surface area contributed by atoms with Gasteiger partial charge in [-0.15, -0.1) is 6.58 Å². The molecule has 0 amide bonds. The molecule has 1 atom stereocenters. The van der Waals surface area contributed by atoms with E-state index in [4.69, 9.17) is 10.5 Å². The number of halogens is 1. The van der Waals surface area contributed by atoms with Crippen LogP contribution in [0.1, 0.15) is 12.5 Å². The Hall–Kier alpha value is -1.35. The highest BCUT2D eigenvalue weighted by Gasteiger charge is 2.21. The molecule has 2 N–H and O–H groups in total. The van der Waals surface area contributed by atoms with Crippen molar-refractivity contribution in [1.29, 1.82) is 0 Å². The van der Waals surface area contributed by atoms with Crippen LogP contribution in [-0.4, -0.2) is 13.7 Å². The Balaban J connectivity index is 3.01. The van der Waals surface area contributed by atoms with Crippen LogP contribution in [0.25, 0.3) is 0 Å². The zero-order valence-corrected chi connectivity index (χ0v) is 9.79. The fourth-order valence-electron chi connectivity index (χ4n) is 1.51. The molecule has 0 aliphatic carbocycles. The quantitative estimate of drug-likeness (QED) is 0.778. The van der Waals surface area contributed by atoms with E-state index in [1.165, 1.54) is 7.11 Å². The minimum Gasteiger partial charge on any atom is -0.494 e. The lowest BCUT2D eigenvalue weighted by molar-refractivity contribution is 0.376. The highest BCUT2D eigenvalue weighted by Crippen LogP contribution is 2.27. The SMILES string of the molecule is C=CC(C)(CN)Cc1cccc(OC)c1F. The summed E-state index contributed by atoms with van der Waals surface area (Å²) in [5.41, 5.74) is 5.98. The van der Waals surface area contributed by atoms with Crippen LogP contribution in [0.4, 0.5) is 4.39 Å². The van der Waals surface area contributed by atoms with Crippen molar-refractivity contribution >= 4 is 0 Å². The van der Waals surface area contributed by atoms with Crippen LogP contribution < -0.4 is 10.5 Å². The lowest BCUT2D eigenvalue weighted by atomic mass is 9.83. The number of hydrogen-bond acceptors (Lipinski definition) is 2. The van der Waals surface area contributed by atoms with Gasteiger partial charge >= 0.3 is 0 Å². The summed E-state index contributed by atoms with van der Waals surface area (Å²) in [6, 6.07) is 5.12. The standard InChI is InChI=1S/C13H18FNO/c1-4-13(2,9-15)8-10-6-5-7-11(16-3)12(10)14/h4-7H,1,8-9,15H2,2-3H3. The molecule has 0 aliphatic heterocycles. The largest absolute Gasteiger partial charge is 0.494 e. The predicted octanol–water partition coefficient (Wildman–Crippen LogP) is 2.53. The molecule has 0 aliphatic rings. The van der Waals surface area contributed by atoms with Crippen LogP contribution in [0.3, 0.4) is 0 Å². The smallest absolute Gasteiger partial charge is 0.168 e. The molecule has 1 unspecified atom stereocenters. The summed E-state index contributed by atoms with van der Waals surface area (Å²) in [5.74, 6) is -0.0486. The van der Waals surface area contributed by atoms with Crippen molar-refractivity contribution in [2.75, 3.05) is 13.7 Å². The maximum Gasteiger partial charge on any atom is 0.168 e. The highest BCUT2D eigenvalue weighted by molar-refractivity contribution is 5.32. The maximum atomic E-state index is 13.9. The molecule has 0 fully saturated rings. The first-order valence-corrected chi connectivity index (χ1v) is 5.21. The molecule has 0 aromatic heterocycles. The van der Waals surface area contributed by atoms with Crippen LogP contribution >= 0.6 is 0 Å². The van der Waals surface area contributed by atoms with Crippen LogP contribution in [0.2, 0.25) is 0 Å². The Morgan fingerprint density at radius 2 is 2.25 bits per heavy atom. The zero-order chi connectivity index (χ0) is 12.2. The van der Waals surface area contributed by atoms with E-state index >= 15 is 0 Å². The molecule has 0 saturated heterocycles. The zero-order valence-electron chi connectivity index (χ0n) is 9.79. The van der Waals surface area contributed by atoms with Crippen molar-refractivity contribution in [2.24, 2.45) is 11.1 Å². The van der Waals surface area contributed by atoms with Crippen molar-refractivity contribution in [3.8, 4) is 5.75 Å². The predicted molar refractivity (Wildman–Crippen MR) is 64.0 cm³/mol. The van der Waals surface area contributed by atoms with Crippen molar-refractivity contribution in [1.82, 2.24) is 0 Å². The summed E-state index contributed by atoms with van der Waals surface area (Å²) in [7, 11) is 1.46. The molecule has 0 bridgehead atoms. The molecule has 1 aromatic rings. The first-order valence-electron chi connectivity index (χ1n) is 5.21. The Bertz CT molecular complexity index is 378. The summed E-state index contributed by atoms with van der Waals surface area (Å²) in [6.45, 7) is 6.13. The number of ether oxygens (including phenoxy) is 1. The molecule has 2 nitrogen and oxygen atoms in total. The minimum atomic E-state index is -0.313. The molecule has 1 rings (SSSR count). The van der Waals surface area contributed by atoms with Gasteiger partial charge in [0.1, 0.15) is 0 Å². The van der Waals surface area contributed by atoms with Crippen LogP contribution in [0.15, 0.2) is 30.9 Å². The van der Waals surface area contributed by atoms with Gasteiger partial charge in [0.15, 0.2) is 11.6 Å². The van der Waals surface area contributed by atoms with E-state index in [9.17, 15) is 4.39 Å². The van der Waals surface area contributed by atoms with Gasteiger partial charge in [0.05, 0.1) is 7.11 Å². The van der Waals surface area contributed by atoms with Crippen molar-refractivity contribution < 1.29 is 9.13 Å². The number of rotatable bonds is 5. The number of hydrogen-bond donors (Lipinski definition) is 1. The summed E-state index contributed by atoms with van der Waals surface area (Å²) in [4.78, 5) is 0. The van der Waals surface area contributed by atoms with Gasteiger partial charge in [0, 0.05) is 12.0 Å². The molecular formula is C13H18FNO. The van der Waals surface area contributed by atoms with Crippen molar-refractivity contribution in [3.05, 3.63) is 42.2 Å². The number of nitrogens with two attached hydrogens (primary N) is 1. The average molecular weight is 223 g/mol. The van der Waals surface area contributed by atoms with Crippen LogP contribution in [-0.2, 0) is 6.42 Å². The molecule has 1 aromatic carbocycles. The van der Waals surface area contributed by atoms with Gasteiger partial charge in [0.2, 0.25) is 0 Å². The summed E-state index contributed by atoms with van der Waals surface area (Å²) >= 11 is 0.